The van der Waals surface area contributed by atoms with E-state index in [1.807, 2.05) is 24.3 Å². The second-order valence-electron chi connectivity index (χ2n) is 4.11. The van der Waals surface area contributed by atoms with Crippen LogP contribution in [0.1, 0.15) is 11.1 Å². The van der Waals surface area contributed by atoms with Gasteiger partial charge in [-0.05, 0) is 29.8 Å². The van der Waals surface area contributed by atoms with Gasteiger partial charge in [-0.15, -0.1) is 0 Å². The van der Waals surface area contributed by atoms with Gasteiger partial charge in [-0.1, -0.05) is 30.3 Å². The van der Waals surface area contributed by atoms with Crippen LogP contribution >= 0.6 is 0 Å². The highest BCUT2D eigenvalue weighted by molar-refractivity contribution is 6.34. The van der Waals surface area contributed by atoms with Crippen LogP contribution in [0.15, 0.2) is 48.5 Å². The van der Waals surface area contributed by atoms with Gasteiger partial charge in [-0.3, -0.25) is 4.79 Å². The van der Waals surface area contributed by atoms with Gasteiger partial charge in [0.05, 0.1) is 0 Å². The topological polar surface area (TPSA) is 29.1 Å². The molecule has 2 nitrogen and oxygen atoms in total. The Labute approximate surface area is 104 Å². The van der Waals surface area contributed by atoms with Crippen molar-refractivity contribution in [3.05, 3.63) is 65.5 Å². The van der Waals surface area contributed by atoms with E-state index in [1.165, 1.54) is 12.1 Å². The molecule has 1 heterocycles. The number of carbonyl (C=O) groups is 1. The standard InChI is InChI=1S/C15H10FNO/c16-11-5-3-4-10(8-11)9-13-12-6-1-2-7-14(12)17-15(13)18/h1-9H,(H,17,18)/b13-9-. The maximum Gasteiger partial charge on any atom is 0.256 e. The van der Waals surface area contributed by atoms with Gasteiger partial charge in [0.2, 0.25) is 0 Å². The summed E-state index contributed by atoms with van der Waals surface area (Å²) < 4.78 is 13.1. The van der Waals surface area contributed by atoms with Crippen LogP contribution in [-0.4, -0.2) is 5.91 Å². The minimum atomic E-state index is -0.309. The summed E-state index contributed by atoms with van der Waals surface area (Å²) in [5.41, 5.74) is 2.89. The molecule has 1 aliphatic heterocycles. The number of anilines is 1. The number of nitrogens with one attached hydrogen (secondary N) is 1. The highest BCUT2D eigenvalue weighted by Gasteiger charge is 2.23. The van der Waals surface area contributed by atoms with Gasteiger partial charge in [0.25, 0.3) is 5.91 Å². The van der Waals surface area contributed by atoms with Crippen molar-refractivity contribution in [2.75, 3.05) is 5.32 Å². The fraction of sp³-hybridized carbons (Fsp3) is 0. The zero-order valence-electron chi connectivity index (χ0n) is 9.48. The molecule has 0 saturated carbocycles. The summed E-state index contributed by atoms with van der Waals surface area (Å²) in [5, 5.41) is 2.78. The maximum atomic E-state index is 13.1. The largest absolute Gasteiger partial charge is 0.321 e. The normalized spacial score (nSPS) is 15.6. The molecular weight excluding hydrogens is 229 g/mol. The Hall–Kier alpha value is -2.42. The molecule has 18 heavy (non-hydrogen) atoms. The third-order valence-electron chi connectivity index (χ3n) is 2.87. The van der Waals surface area contributed by atoms with E-state index in [9.17, 15) is 9.18 Å². The number of hydrogen-bond donors (Lipinski definition) is 1. The lowest BCUT2D eigenvalue weighted by atomic mass is 10.0. The van der Waals surface area contributed by atoms with Crippen LogP contribution in [0.5, 0.6) is 0 Å². The fourth-order valence-electron chi connectivity index (χ4n) is 2.05. The molecule has 0 saturated heterocycles. The lowest BCUT2D eigenvalue weighted by Gasteiger charge is -1.98. The van der Waals surface area contributed by atoms with E-state index in [0.29, 0.717) is 11.1 Å². The van der Waals surface area contributed by atoms with Crippen LogP contribution in [-0.2, 0) is 4.79 Å². The number of halogens is 1. The van der Waals surface area contributed by atoms with Gasteiger partial charge in [-0.2, -0.15) is 0 Å². The first-order chi connectivity index (χ1) is 8.74. The van der Waals surface area contributed by atoms with Gasteiger partial charge in [0, 0.05) is 16.8 Å². The molecule has 0 unspecified atom stereocenters. The van der Waals surface area contributed by atoms with Crippen LogP contribution < -0.4 is 5.32 Å². The van der Waals surface area contributed by atoms with Crippen molar-refractivity contribution in [3.63, 3.8) is 0 Å². The van der Waals surface area contributed by atoms with E-state index >= 15 is 0 Å². The smallest absolute Gasteiger partial charge is 0.256 e. The molecule has 3 rings (SSSR count). The summed E-state index contributed by atoms with van der Waals surface area (Å²) in [6.45, 7) is 0. The molecule has 0 aliphatic carbocycles. The number of hydrogen-bond acceptors (Lipinski definition) is 1. The summed E-state index contributed by atoms with van der Waals surface area (Å²) in [4.78, 5) is 11.8. The number of benzene rings is 2. The second kappa shape index (κ2) is 4.11. The van der Waals surface area contributed by atoms with Crippen molar-refractivity contribution in [2.45, 2.75) is 0 Å². The van der Waals surface area contributed by atoms with E-state index in [-0.39, 0.29) is 11.7 Å². The molecular formula is C15H10FNO. The summed E-state index contributed by atoms with van der Waals surface area (Å²) in [7, 11) is 0. The third-order valence-corrected chi connectivity index (χ3v) is 2.87. The molecule has 1 aliphatic rings. The number of carbonyl (C=O) groups excluding carboxylic acids is 1. The Balaban J connectivity index is 2.10. The predicted octanol–water partition coefficient (Wildman–Crippen LogP) is 3.32. The Morgan fingerprint density at radius 2 is 1.89 bits per heavy atom. The van der Waals surface area contributed by atoms with Crippen LogP contribution in [0, 0.1) is 5.82 Å². The zero-order valence-corrected chi connectivity index (χ0v) is 9.48. The highest BCUT2D eigenvalue weighted by Crippen LogP contribution is 2.32. The Kier molecular flexibility index (Phi) is 2.45. The monoisotopic (exact) mass is 239 g/mol. The molecule has 1 N–H and O–H groups in total. The molecule has 3 heteroatoms. The lowest BCUT2D eigenvalue weighted by molar-refractivity contribution is -0.110. The molecule has 2 aromatic rings. The summed E-state index contributed by atoms with van der Waals surface area (Å²) in [6, 6.07) is 13.6. The summed E-state index contributed by atoms with van der Waals surface area (Å²) >= 11 is 0. The number of fused-ring (bicyclic) bond motifs is 1. The van der Waals surface area contributed by atoms with Crippen molar-refractivity contribution in [3.8, 4) is 0 Å². The van der Waals surface area contributed by atoms with Crippen molar-refractivity contribution >= 4 is 23.2 Å². The molecule has 0 aromatic heterocycles. The molecule has 0 fully saturated rings. The Bertz CT molecular complexity index is 661. The lowest BCUT2D eigenvalue weighted by Crippen LogP contribution is -2.03. The van der Waals surface area contributed by atoms with E-state index < -0.39 is 0 Å². The Morgan fingerprint density at radius 1 is 1.06 bits per heavy atom. The van der Waals surface area contributed by atoms with Crippen molar-refractivity contribution < 1.29 is 9.18 Å². The number of para-hydroxylation sites is 1. The molecule has 0 atom stereocenters. The number of amides is 1. The molecule has 0 radical (unpaired) electrons. The second-order valence-corrected chi connectivity index (χ2v) is 4.11. The van der Waals surface area contributed by atoms with Crippen molar-refractivity contribution in [1.82, 2.24) is 0 Å². The minimum absolute atomic E-state index is 0.152. The van der Waals surface area contributed by atoms with Crippen molar-refractivity contribution in [2.24, 2.45) is 0 Å². The van der Waals surface area contributed by atoms with Crippen LogP contribution in [0.4, 0.5) is 10.1 Å². The summed E-state index contributed by atoms with van der Waals surface area (Å²) in [5.74, 6) is -0.462. The molecule has 88 valence electrons. The van der Waals surface area contributed by atoms with E-state index in [4.69, 9.17) is 0 Å². The van der Waals surface area contributed by atoms with Crippen LogP contribution in [0.25, 0.3) is 11.6 Å². The van der Waals surface area contributed by atoms with Gasteiger partial charge in [0.15, 0.2) is 0 Å². The first kappa shape index (κ1) is 10.7. The van der Waals surface area contributed by atoms with E-state index in [0.717, 1.165) is 11.3 Å². The zero-order chi connectivity index (χ0) is 12.5. The third kappa shape index (κ3) is 1.80. The van der Waals surface area contributed by atoms with E-state index in [1.54, 1.807) is 18.2 Å². The maximum absolute atomic E-state index is 13.1. The van der Waals surface area contributed by atoms with Crippen LogP contribution in [0.2, 0.25) is 0 Å². The first-order valence-corrected chi connectivity index (χ1v) is 5.62. The van der Waals surface area contributed by atoms with Gasteiger partial charge >= 0.3 is 0 Å². The quantitative estimate of drug-likeness (QED) is 0.760. The van der Waals surface area contributed by atoms with Gasteiger partial charge in [0.1, 0.15) is 5.82 Å². The van der Waals surface area contributed by atoms with Gasteiger partial charge < -0.3 is 5.32 Å². The average Bonchev–Trinajstić information content (AvgIpc) is 2.66. The first-order valence-electron chi connectivity index (χ1n) is 5.62. The van der Waals surface area contributed by atoms with Crippen molar-refractivity contribution in [1.29, 1.82) is 0 Å². The SMILES string of the molecule is O=C1Nc2ccccc2/C1=C/c1cccc(F)c1. The van der Waals surface area contributed by atoms with E-state index in [2.05, 4.69) is 5.32 Å². The average molecular weight is 239 g/mol. The highest BCUT2D eigenvalue weighted by atomic mass is 19.1. The molecule has 2 aromatic carbocycles. The predicted molar refractivity (Wildman–Crippen MR) is 69.3 cm³/mol. The molecule has 1 amide bonds. The van der Waals surface area contributed by atoms with Gasteiger partial charge in [-0.25, -0.2) is 4.39 Å². The number of rotatable bonds is 1. The minimum Gasteiger partial charge on any atom is -0.321 e. The molecule has 0 bridgehead atoms. The Morgan fingerprint density at radius 3 is 2.72 bits per heavy atom. The molecule has 0 spiro atoms. The summed E-state index contributed by atoms with van der Waals surface area (Å²) in [6.07, 6.45) is 1.70. The van der Waals surface area contributed by atoms with Crippen LogP contribution in [0.3, 0.4) is 0 Å². The fourth-order valence-corrected chi connectivity index (χ4v) is 2.05.